The lowest BCUT2D eigenvalue weighted by molar-refractivity contribution is -0.120. The molecule has 0 saturated heterocycles. The number of ether oxygens (including phenoxy) is 3. The van der Waals surface area contributed by atoms with E-state index in [9.17, 15) is 9.18 Å². The number of benzene rings is 2. The fourth-order valence-corrected chi connectivity index (χ4v) is 4.32. The number of aliphatic imine (C=N–C) groups is 1. The number of nitrogens with one attached hydrogen (secondary N) is 1. The standard InChI is InChI=1S/C30H36FN3O4/c1-4-37-26-8-5-23(6-9-26)28-10-7-25(33-30(28)34-11-13-36-14-12-34)18-29(35)32-19-22-15-24(31)17-27(16-22)38-20-21(2)3/h5-6,8-9,11,13,15-17,21H,4,7,10,12,14,18-20H2,1-3H3,(H,32,35). The zero-order valence-corrected chi connectivity index (χ0v) is 22.3. The maximum atomic E-state index is 14.1. The number of rotatable bonds is 11. The number of nitrogens with zero attached hydrogens (tertiary/aromatic N) is 2. The van der Waals surface area contributed by atoms with Crippen LogP contribution in [-0.4, -0.2) is 42.9 Å². The molecule has 0 fully saturated rings. The van der Waals surface area contributed by atoms with Gasteiger partial charge in [-0.15, -0.1) is 0 Å². The molecule has 38 heavy (non-hydrogen) atoms. The summed E-state index contributed by atoms with van der Waals surface area (Å²) in [4.78, 5) is 19.8. The summed E-state index contributed by atoms with van der Waals surface area (Å²) in [5.41, 5.74) is 3.67. The van der Waals surface area contributed by atoms with Crippen molar-refractivity contribution in [1.82, 2.24) is 10.2 Å². The van der Waals surface area contributed by atoms with E-state index in [2.05, 4.69) is 22.3 Å². The van der Waals surface area contributed by atoms with Crippen molar-refractivity contribution in [1.29, 1.82) is 0 Å². The summed E-state index contributed by atoms with van der Waals surface area (Å²) in [5, 5.41) is 2.90. The average Bonchev–Trinajstić information content (AvgIpc) is 2.92. The first-order chi connectivity index (χ1) is 18.4. The van der Waals surface area contributed by atoms with Gasteiger partial charge in [0.25, 0.3) is 0 Å². The predicted molar refractivity (Wildman–Crippen MR) is 146 cm³/mol. The zero-order valence-electron chi connectivity index (χ0n) is 22.3. The molecule has 1 amide bonds. The highest BCUT2D eigenvalue weighted by atomic mass is 19.1. The molecule has 4 rings (SSSR count). The molecule has 0 radical (unpaired) electrons. The minimum Gasteiger partial charge on any atom is -0.498 e. The monoisotopic (exact) mass is 521 g/mol. The van der Waals surface area contributed by atoms with Crippen LogP contribution in [0.3, 0.4) is 0 Å². The normalized spacial score (nSPS) is 15.3. The van der Waals surface area contributed by atoms with Gasteiger partial charge in [-0.1, -0.05) is 26.0 Å². The predicted octanol–water partition coefficient (Wildman–Crippen LogP) is 5.67. The second-order valence-corrected chi connectivity index (χ2v) is 9.74. The Morgan fingerprint density at radius 1 is 1.13 bits per heavy atom. The smallest absolute Gasteiger partial charge is 0.225 e. The van der Waals surface area contributed by atoms with Gasteiger partial charge < -0.3 is 24.4 Å². The van der Waals surface area contributed by atoms with Gasteiger partial charge in [-0.2, -0.15) is 0 Å². The Labute approximate surface area is 224 Å². The number of hydrogen-bond acceptors (Lipinski definition) is 6. The van der Waals surface area contributed by atoms with Gasteiger partial charge in [-0.25, -0.2) is 9.38 Å². The SMILES string of the molecule is CCOc1ccc(C2=C(N3C=COCC3)N=C(CC(=O)NCc3cc(F)cc(OCC(C)C)c3)CC2)cc1. The Morgan fingerprint density at radius 2 is 1.95 bits per heavy atom. The molecule has 2 aromatic carbocycles. The van der Waals surface area contributed by atoms with Crippen LogP contribution >= 0.6 is 0 Å². The van der Waals surface area contributed by atoms with E-state index in [-0.39, 0.29) is 24.7 Å². The number of allylic oxidation sites excluding steroid dienone is 1. The summed E-state index contributed by atoms with van der Waals surface area (Å²) in [6.45, 7) is 8.61. The van der Waals surface area contributed by atoms with E-state index in [0.717, 1.165) is 34.8 Å². The van der Waals surface area contributed by atoms with E-state index >= 15 is 0 Å². The Hall–Kier alpha value is -3.81. The van der Waals surface area contributed by atoms with E-state index in [1.165, 1.54) is 12.1 Å². The summed E-state index contributed by atoms with van der Waals surface area (Å²) < 4.78 is 30.7. The van der Waals surface area contributed by atoms with Gasteiger partial charge in [-0.05, 0) is 61.1 Å². The fourth-order valence-electron chi connectivity index (χ4n) is 4.32. The average molecular weight is 522 g/mol. The van der Waals surface area contributed by atoms with Gasteiger partial charge in [-0.3, -0.25) is 4.79 Å². The van der Waals surface area contributed by atoms with Crippen molar-refractivity contribution in [3.63, 3.8) is 0 Å². The molecule has 0 spiro atoms. The topological polar surface area (TPSA) is 72.4 Å². The van der Waals surface area contributed by atoms with Crippen LogP contribution < -0.4 is 14.8 Å². The minimum atomic E-state index is -0.387. The Morgan fingerprint density at radius 3 is 2.66 bits per heavy atom. The van der Waals surface area contributed by atoms with Crippen molar-refractivity contribution in [3.05, 3.63) is 77.7 Å². The third-order valence-corrected chi connectivity index (χ3v) is 6.14. The minimum absolute atomic E-state index is 0.154. The molecular formula is C30H36FN3O4. The highest BCUT2D eigenvalue weighted by Crippen LogP contribution is 2.33. The summed E-state index contributed by atoms with van der Waals surface area (Å²) >= 11 is 0. The highest BCUT2D eigenvalue weighted by molar-refractivity contribution is 6.03. The van der Waals surface area contributed by atoms with E-state index < -0.39 is 0 Å². The number of amides is 1. The molecule has 7 nitrogen and oxygen atoms in total. The largest absolute Gasteiger partial charge is 0.498 e. The van der Waals surface area contributed by atoms with Gasteiger partial charge in [0.05, 0.1) is 32.4 Å². The first-order valence-electron chi connectivity index (χ1n) is 13.2. The first kappa shape index (κ1) is 27.2. The quantitative estimate of drug-likeness (QED) is 0.412. The van der Waals surface area contributed by atoms with Crippen LogP contribution in [0.1, 0.15) is 51.2 Å². The fraction of sp³-hybridized carbons (Fsp3) is 0.400. The molecule has 0 unspecified atom stereocenters. The van der Waals surface area contributed by atoms with E-state index in [4.69, 9.17) is 19.2 Å². The van der Waals surface area contributed by atoms with Gasteiger partial charge >= 0.3 is 0 Å². The Balaban J connectivity index is 1.46. The van der Waals surface area contributed by atoms with Crippen molar-refractivity contribution in [2.24, 2.45) is 10.9 Å². The van der Waals surface area contributed by atoms with Crippen LogP contribution in [-0.2, 0) is 16.1 Å². The molecule has 202 valence electrons. The lowest BCUT2D eigenvalue weighted by Gasteiger charge is -2.29. The third kappa shape index (κ3) is 7.60. The molecule has 2 heterocycles. The summed E-state index contributed by atoms with van der Waals surface area (Å²) in [5.74, 6) is 1.92. The van der Waals surface area contributed by atoms with E-state index in [1.807, 2.05) is 39.1 Å². The van der Waals surface area contributed by atoms with Crippen molar-refractivity contribution in [2.75, 3.05) is 26.4 Å². The number of hydrogen-bond donors (Lipinski definition) is 1. The van der Waals surface area contributed by atoms with Crippen LogP contribution in [0.2, 0.25) is 0 Å². The van der Waals surface area contributed by atoms with Crippen molar-refractivity contribution in [3.8, 4) is 11.5 Å². The van der Waals surface area contributed by atoms with Crippen molar-refractivity contribution < 1.29 is 23.4 Å². The Bertz CT molecular complexity index is 1200. The maximum Gasteiger partial charge on any atom is 0.225 e. The van der Waals surface area contributed by atoms with Crippen LogP contribution in [0.25, 0.3) is 5.57 Å². The van der Waals surface area contributed by atoms with Crippen LogP contribution in [0.5, 0.6) is 11.5 Å². The molecule has 0 aromatic heterocycles. The molecule has 0 bridgehead atoms. The van der Waals surface area contributed by atoms with Crippen LogP contribution in [0, 0.1) is 11.7 Å². The van der Waals surface area contributed by atoms with Crippen molar-refractivity contribution in [2.45, 2.75) is 46.6 Å². The van der Waals surface area contributed by atoms with E-state index in [0.29, 0.717) is 50.0 Å². The second kappa shape index (κ2) is 13.1. The number of halogens is 1. The molecule has 1 N–H and O–H groups in total. The molecule has 8 heteroatoms. The molecular weight excluding hydrogens is 485 g/mol. The first-order valence-corrected chi connectivity index (χ1v) is 13.2. The third-order valence-electron chi connectivity index (χ3n) is 6.14. The molecule has 0 aliphatic carbocycles. The van der Waals surface area contributed by atoms with Gasteiger partial charge in [0.15, 0.2) is 0 Å². The lowest BCUT2D eigenvalue weighted by Crippen LogP contribution is -2.29. The number of carbonyl (C=O) groups is 1. The van der Waals surface area contributed by atoms with Gasteiger partial charge in [0.2, 0.25) is 5.91 Å². The molecule has 0 saturated carbocycles. The van der Waals surface area contributed by atoms with Crippen LogP contribution in [0.15, 0.2) is 65.7 Å². The van der Waals surface area contributed by atoms with Gasteiger partial charge in [0, 0.05) is 30.1 Å². The van der Waals surface area contributed by atoms with Gasteiger partial charge in [0.1, 0.15) is 29.7 Å². The number of carbonyl (C=O) groups excluding carboxylic acids is 1. The Kier molecular flexibility index (Phi) is 9.40. The zero-order chi connectivity index (χ0) is 26.9. The maximum absolute atomic E-state index is 14.1. The highest BCUT2D eigenvalue weighted by Gasteiger charge is 2.23. The molecule has 2 aliphatic heterocycles. The second-order valence-electron chi connectivity index (χ2n) is 9.74. The van der Waals surface area contributed by atoms with Crippen LogP contribution in [0.4, 0.5) is 4.39 Å². The molecule has 2 aliphatic rings. The molecule has 0 atom stereocenters. The summed E-state index contributed by atoms with van der Waals surface area (Å²) in [6, 6.07) is 12.6. The summed E-state index contributed by atoms with van der Waals surface area (Å²) in [6.07, 6.45) is 5.17. The lowest BCUT2D eigenvalue weighted by atomic mass is 9.95. The molecule has 2 aromatic rings. The summed E-state index contributed by atoms with van der Waals surface area (Å²) in [7, 11) is 0. The van der Waals surface area contributed by atoms with Crippen molar-refractivity contribution >= 4 is 17.2 Å². The van der Waals surface area contributed by atoms with E-state index in [1.54, 1.807) is 12.3 Å².